The van der Waals surface area contributed by atoms with Gasteiger partial charge in [-0.25, -0.2) is 4.98 Å². The van der Waals surface area contributed by atoms with Gasteiger partial charge in [0, 0.05) is 22.8 Å². The van der Waals surface area contributed by atoms with Crippen LogP contribution in [0.15, 0.2) is 60.8 Å². The van der Waals surface area contributed by atoms with Gasteiger partial charge in [0.2, 0.25) is 0 Å². The number of fused-ring (bicyclic) bond motifs is 3. The van der Waals surface area contributed by atoms with Crippen molar-refractivity contribution in [1.29, 1.82) is 0 Å². The molecule has 0 saturated heterocycles. The first-order valence-corrected chi connectivity index (χ1v) is 8.15. The number of aromatic amines is 1. The number of nitrogens with zero attached hydrogens (tertiary/aromatic N) is 1. The molecule has 24 heavy (non-hydrogen) atoms. The van der Waals surface area contributed by atoms with Crippen molar-refractivity contribution in [3.63, 3.8) is 0 Å². The zero-order valence-electron chi connectivity index (χ0n) is 13.5. The number of benzene rings is 2. The van der Waals surface area contributed by atoms with Crippen molar-refractivity contribution in [2.24, 2.45) is 0 Å². The normalized spacial score (nSPS) is 11.0. The van der Waals surface area contributed by atoms with Crippen LogP contribution in [0.2, 0.25) is 0 Å². The third-order valence-corrected chi connectivity index (χ3v) is 4.07. The number of H-pyrrole nitrogens is 1. The van der Waals surface area contributed by atoms with Gasteiger partial charge < -0.3 is 15.0 Å². The minimum Gasteiger partial charge on any atom is -0.494 e. The molecule has 2 N–H and O–H groups in total. The van der Waals surface area contributed by atoms with Crippen molar-refractivity contribution in [3.05, 3.63) is 66.4 Å². The Labute approximate surface area is 140 Å². The molecule has 0 aliphatic heterocycles. The maximum absolute atomic E-state index is 5.55. The topological polar surface area (TPSA) is 49.9 Å². The summed E-state index contributed by atoms with van der Waals surface area (Å²) in [4.78, 5) is 7.90. The van der Waals surface area contributed by atoms with E-state index in [2.05, 4.69) is 51.7 Å². The van der Waals surface area contributed by atoms with Crippen molar-refractivity contribution in [2.75, 3.05) is 11.9 Å². The van der Waals surface area contributed by atoms with Crippen LogP contribution in [0, 0.1) is 0 Å². The highest BCUT2D eigenvalue weighted by Gasteiger charge is 2.05. The van der Waals surface area contributed by atoms with Gasteiger partial charge in [-0.2, -0.15) is 0 Å². The van der Waals surface area contributed by atoms with Crippen molar-refractivity contribution < 1.29 is 4.74 Å². The number of rotatable bonds is 5. The molecule has 2 aromatic carbocycles. The van der Waals surface area contributed by atoms with E-state index in [1.165, 1.54) is 16.3 Å². The van der Waals surface area contributed by atoms with Crippen LogP contribution in [-0.4, -0.2) is 16.6 Å². The molecule has 0 atom stereocenters. The van der Waals surface area contributed by atoms with E-state index in [4.69, 9.17) is 4.74 Å². The predicted molar refractivity (Wildman–Crippen MR) is 98.5 cm³/mol. The molecular formula is C20H19N3O. The van der Waals surface area contributed by atoms with E-state index in [-0.39, 0.29) is 0 Å². The maximum atomic E-state index is 5.55. The SMILES string of the molecule is CCOc1cccc(CNc2cc3c(cn2)[nH]c2ccccc23)c1. The van der Waals surface area contributed by atoms with E-state index >= 15 is 0 Å². The minimum absolute atomic E-state index is 0.676. The van der Waals surface area contributed by atoms with Crippen LogP contribution in [0.4, 0.5) is 5.82 Å². The highest BCUT2D eigenvalue weighted by atomic mass is 16.5. The Hall–Kier alpha value is -3.01. The Kier molecular flexibility index (Phi) is 3.79. The van der Waals surface area contributed by atoms with E-state index in [9.17, 15) is 0 Å². The summed E-state index contributed by atoms with van der Waals surface area (Å²) in [6, 6.07) is 18.5. The van der Waals surface area contributed by atoms with Gasteiger partial charge in [-0.05, 0) is 36.8 Å². The predicted octanol–water partition coefficient (Wildman–Crippen LogP) is 4.73. The number of anilines is 1. The average molecular weight is 317 g/mol. The van der Waals surface area contributed by atoms with Gasteiger partial charge in [0.25, 0.3) is 0 Å². The van der Waals surface area contributed by atoms with Crippen LogP contribution in [-0.2, 0) is 6.54 Å². The van der Waals surface area contributed by atoms with Gasteiger partial charge in [0.15, 0.2) is 0 Å². The number of nitrogens with one attached hydrogen (secondary N) is 2. The fourth-order valence-corrected chi connectivity index (χ4v) is 2.95. The lowest BCUT2D eigenvalue weighted by Gasteiger charge is -2.08. The van der Waals surface area contributed by atoms with Crippen LogP contribution in [0.1, 0.15) is 12.5 Å². The third kappa shape index (κ3) is 2.78. The van der Waals surface area contributed by atoms with Gasteiger partial charge in [-0.1, -0.05) is 30.3 Å². The summed E-state index contributed by atoms with van der Waals surface area (Å²) in [7, 11) is 0. The molecule has 4 aromatic rings. The average Bonchev–Trinajstić information content (AvgIpc) is 2.99. The van der Waals surface area contributed by atoms with Crippen LogP contribution >= 0.6 is 0 Å². The summed E-state index contributed by atoms with van der Waals surface area (Å²) >= 11 is 0. The van der Waals surface area contributed by atoms with Crippen LogP contribution < -0.4 is 10.1 Å². The molecule has 0 radical (unpaired) electrons. The molecule has 0 saturated carbocycles. The lowest BCUT2D eigenvalue weighted by molar-refractivity contribution is 0.340. The second kappa shape index (κ2) is 6.24. The maximum Gasteiger partial charge on any atom is 0.126 e. The van der Waals surface area contributed by atoms with Gasteiger partial charge in [-0.15, -0.1) is 0 Å². The molecule has 0 unspecified atom stereocenters. The second-order valence-electron chi connectivity index (χ2n) is 5.72. The Morgan fingerprint density at radius 2 is 1.92 bits per heavy atom. The first-order chi connectivity index (χ1) is 11.8. The molecular weight excluding hydrogens is 298 g/mol. The molecule has 0 spiro atoms. The Bertz CT molecular complexity index is 990. The number of ether oxygens (including phenoxy) is 1. The number of hydrogen-bond donors (Lipinski definition) is 2. The first kappa shape index (κ1) is 14.6. The molecule has 2 aromatic heterocycles. The quantitative estimate of drug-likeness (QED) is 0.559. The van der Waals surface area contributed by atoms with Crippen LogP contribution in [0.25, 0.3) is 21.8 Å². The zero-order valence-corrected chi connectivity index (χ0v) is 13.5. The number of pyridine rings is 1. The Balaban J connectivity index is 1.58. The van der Waals surface area contributed by atoms with Gasteiger partial charge in [-0.3, -0.25) is 0 Å². The van der Waals surface area contributed by atoms with E-state index in [0.29, 0.717) is 13.2 Å². The molecule has 0 amide bonds. The molecule has 4 rings (SSSR count). The number of aromatic nitrogens is 2. The molecule has 2 heterocycles. The Morgan fingerprint density at radius 1 is 1.00 bits per heavy atom. The molecule has 0 fully saturated rings. The monoisotopic (exact) mass is 317 g/mol. The van der Waals surface area contributed by atoms with Crippen molar-refractivity contribution in [3.8, 4) is 5.75 Å². The highest BCUT2D eigenvalue weighted by Crippen LogP contribution is 2.26. The van der Waals surface area contributed by atoms with Gasteiger partial charge in [0.05, 0.1) is 18.3 Å². The molecule has 0 bridgehead atoms. The zero-order chi connectivity index (χ0) is 16.4. The largest absolute Gasteiger partial charge is 0.494 e. The Morgan fingerprint density at radius 3 is 2.83 bits per heavy atom. The first-order valence-electron chi connectivity index (χ1n) is 8.15. The second-order valence-corrected chi connectivity index (χ2v) is 5.72. The van der Waals surface area contributed by atoms with Crippen molar-refractivity contribution >= 4 is 27.6 Å². The van der Waals surface area contributed by atoms with Crippen LogP contribution in [0.5, 0.6) is 5.75 Å². The lowest BCUT2D eigenvalue weighted by Crippen LogP contribution is -2.01. The summed E-state index contributed by atoms with van der Waals surface area (Å²) in [6.07, 6.45) is 1.88. The summed E-state index contributed by atoms with van der Waals surface area (Å²) < 4.78 is 5.55. The fraction of sp³-hybridized carbons (Fsp3) is 0.150. The van der Waals surface area contributed by atoms with Crippen LogP contribution in [0.3, 0.4) is 0 Å². The number of hydrogen-bond acceptors (Lipinski definition) is 3. The van der Waals surface area contributed by atoms with Gasteiger partial charge >= 0.3 is 0 Å². The van der Waals surface area contributed by atoms with Crippen molar-refractivity contribution in [1.82, 2.24) is 9.97 Å². The lowest BCUT2D eigenvalue weighted by atomic mass is 10.2. The molecule has 0 aliphatic rings. The third-order valence-electron chi connectivity index (χ3n) is 4.07. The summed E-state index contributed by atoms with van der Waals surface area (Å²) in [5.74, 6) is 1.77. The summed E-state index contributed by atoms with van der Waals surface area (Å²) in [6.45, 7) is 3.38. The van der Waals surface area contributed by atoms with Gasteiger partial charge in [0.1, 0.15) is 11.6 Å². The highest BCUT2D eigenvalue weighted by molar-refractivity contribution is 6.07. The smallest absolute Gasteiger partial charge is 0.126 e. The van der Waals surface area contributed by atoms with E-state index < -0.39 is 0 Å². The summed E-state index contributed by atoms with van der Waals surface area (Å²) in [5.41, 5.74) is 3.36. The molecule has 4 nitrogen and oxygen atoms in total. The minimum atomic E-state index is 0.676. The molecule has 0 aliphatic carbocycles. The van der Waals surface area contributed by atoms with E-state index in [0.717, 1.165) is 22.6 Å². The molecule has 4 heteroatoms. The van der Waals surface area contributed by atoms with E-state index in [1.807, 2.05) is 31.3 Å². The standard InChI is InChI=1S/C20H19N3O/c1-2-24-15-7-5-6-14(10-15)12-21-20-11-17-16-8-3-4-9-18(16)23-19(17)13-22-20/h3-11,13,23H,2,12H2,1H3,(H,21,22). The van der Waals surface area contributed by atoms with E-state index in [1.54, 1.807) is 0 Å². The number of para-hydroxylation sites is 1. The fourth-order valence-electron chi connectivity index (χ4n) is 2.95. The summed E-state index contributed by atoms with van der Waals surface area (Å²) in [5, 5.41) is 5.80. The molecule has 120 valence electrons. The van der Waals surface area contributed by atoms with Crippen molar-refractivity contribution in [2.45, 2.75) is 13.5 Å².